The van der Waals surface area contributed by atoms with E-state index in [2.05, 4.69) is 0 Å². The highest BCUT2D eigenvalue weighted by Gasteiger charge is 2.39. The van der Waals surface area contributed by atoms with E-state index in [0.717, 1.165) is 18.4 Å². The van der Waals surface area contributed by atoms with Crippen LogP contribution in [0.15, 0.2) is 12.1 Å². The van der Waals surface area contributed by atoms with Gasteiger partial charge in [-0.3, -0.25) is 0 Å². The van der Waals surface area contributed by atoms with Crippen molar-refractivity contribution in [1.82, 2.24) is 0 Å². The highest BCUT2D eigenvalue weighted by atomic mass is 35.5. The van der Waals surface area contributed by atoms with E-state index >= 15 is 0 Å². The van der Waals surface area contributed by atoms with Crippen molar-refractivity contribution in [3.8, 4) is 11.5 Å². The molecular weight excluding hydrogens is 238 g/mol. The highest BCUT2D eigenvalue weighted by Crippen LogP contribution is 2.49. The van der Waals surface area contributed by atoms with Gasteiger partial charge in [0.15, 0.2) is 11.5 Å². The average molecular weight is 256 g/mol. The van der Waals surface area contributed by atoms with Gasteiger partial charge in [-0.15, -0.1) is 0 Å². The Bertz CT molecular complexity index is 411. The predicted octanol–water partition coefficient (Wildman–Crippen LogP) is 2.74. The Morgan fingerprint density at radius 1 is 1.29 bits per heavy atom. The van der Waals surface area contributed by atoms with Gasteiger partial charge >= 0.3 is 0 Å². The van der Waals surface area contributed by atoms with Crippen LogP contribution in [0.1, 0.15) is 24.8 Å². The van der Waals surface area contributed by atoms with Crippen LogP contribution in [0.5, 0.6) is 11.5 Å². The molecule has 0 radical (unpaired) electrons. The molecular formula is C13H18ClNO2. The summed E-state index contributed by atoms with van der Waals surface area (Å²) >= 11 is 6.41. The smallest absolute Gasteiger partial charge is 0.179 e. The molecule has 0 amide bonds. The molecule has 1 aliphatic carbocycles. The Morgan fingerprint density at radius 3 is 2.41 bits per heavy atom. The van der Waals surface area contributed by atoms with Gasteiger partial charge in [-0.2, -0.15) is 0 Å². The van der Waals surface area contributed by atoms with Gasteiger partial charge in [0, 0.05) is 12.0 Å². The van der Waals surface area contributed by atoms with E-state index in [1.54, 1.807) is 14.2 Å². The summed E-state index contributed by atoms with van der Waals surface area (Å²) < 4.78 is 10.5. The fourth-order valence-electron chi connectivity index (χ4n) is 2.49. The highest BCUT2D eigenvalue weighted by molar-refractivity contribution is 6.33. The number of benzene rings is 1. The first-order chi connectivity index (χ1) is 8.18. The molecule has 4 heteroatoms. The zero-order chi connectivity index (χ0) is 12.5. The molecule has 2 N–H and O–H groups in total. The summed E-state index contributed by atoms with van der Waals surface area (Å²) in [6, 6.07) is 3.91. The molecule has 1 fully saturated rings. The van der Waals surface area contributed by atoms with Crippen molar-refractivity contribution >= 4 is 11.6 Å². The van der Waals surface area contributed by atoms with E-state index in [0.29, 0.717) is 23.1 Å². The molecule has 1 aliphatic rings. The molecule has 17 heavy (non-hydrogen) atoms. The molecule has 1 aromatic carbocycles. The lowest BCUT2D eigenvalue weighted by Gasteiger charge is -2.42. The first-order valence-corrected chi connectivity index (χ1v) is 6.17. The Hall–Kier alpha value is -0.930. The minimum Gasteiger partial charge on any atom is -0.493 e. The summed E-state index contributed by atoms with van der Waals surface area (Å²) in [6.45, 7) is 0.627. The van der Waals surface area contributed by atoms with Crippen LogP contribution in [0.2, 0.25) is 5.02 Å². The largest absolute Gasteiger partial charge is 0.493 e. The van der Waals surface area contributed by atoms with Gasteiger partial charge in [0.05, 0.1) is 19.2 Å². The van der Waals surface area contributed by atoms with E-state index in [-0.39, 0.29) is 5.41 Å². The average Bonchev–Trinajstić information content (AvgIpc) is 2.30. The minimum absolute atomic E-state index is 0.0383. The van der Waals surface area contributed by atoms with Gasteiger partial charge in [0.25, 0.3) is 0 Å². The SMILES string of the molecule is COc1ccc(C2(CN)CCC2)c(Cl)c1OC. The maximum Gasteiger partial charge on any atom is 0.179 e. The second kappa shape index (κ2) is 4.75. The van der Waals surface area contributed by atoms with Crippen LogP contribution in [0.25, 0.3) is 0 Å². The second-order valence-electron chi connectivity index (χ2n) is 4.50. The van der Waals surface area contributed by atoms with Crippen LogP contribution in [0.3, 0.4) is 0 Å². The van der Waals surface area contributed by atoms with Crippen LogP contribution in [0.4, 0.5) is 0 Å². The molecule has 0 aliphatic heterocycles. The summed E-state index contributed by atoms with van der Waals surface area (Å²) in [6.07, 6.45) is 3.40. The van der Waals surface area contributed by atoms with Crippen molar-refractivity contribution in [2.75, 3.05) is 20.8 Å². The van der Waals surface area contributed by atoms with E-state index in [9.17, 15) is 0 Å². The number of hydrogen-bond donors (Lipinski definition) is 1. The Morgan fingerprint density at radius 2 is 2.00 bits per heavy atom. The van der Waals surface area contributed by atoms with Gasteiger partial charge < -0.3 is 15.2 Å². The topological polar surface area (TPSA) is 44.5 Å². The van der Waals surface area contributed by atoms with Crippen molar-refractivity contribution < 1.29 is 9.47 Å². The van der Waals surface area contributed by atoms with Crippen molar-refractivity contribution in [2.24, 2.45) is 5.73 Å². The van der Waals surface area contributed by atoms with Gasteiger partial charge in [0.1, 0.15) is 0 Å². The number of ether oxygens (including phenoxy) is 2. The zero-order valence-corrected chi connectivity index (χ0v) is 11.0. The maximum absolute atomic E-state index is 6.41. The van der Waals surface area contributed by atoms with Crippen LogP contribution >= 0.6 is 11.6 Å². The third-order valence-electron chi connectivity index (χ3n) is 3.76. The molecule has 94 valence electrons. The first kappa shape index (κ1) is 12.5. The molecule has 0 bridgehead atoms. The number of halogens is 1. The summed E-state index contributed by atoms with van der Waals surface area (Å²) in [5, 5.41) is 0.636. The lowest BCUT2D eigenvalue weighted by molar-refractivity contribution is 0.251. The molecule has 3 nitrogen and oxygen atoms in total. The van der Waals surface area contributed by atoms with E-state index in [1.165, 1.54) is 6.42 Å². The standard InChI is InChI=1S/C13H18ClNO2/c1-16-10-5-4-9(11(14)12(10)17-2)13(8-15)6-3-7-13/h4-5H,3,6-8,15H2,1-2H3. The molecule has 0 spiro atoms. The number of hydrogen-bond acceptors (Lipinski definition) is 3. The second-order valence-corrected chi connectivity index (χ2v) is 4.88. The predicted molar refractivity (Wildman–Crippen MR) is 69.1 cm³/mol. The van der Waals surface area contributed by atoms with E-state index < -0.39 is 0 Å². The lowest BCUT2D eigenvalue weighted by Crippen LogP contribution is -2.41. The normalized spacial score (nSPS) is 17.4. The van der Waals surface area contributed by atoms with E-state index in [1.807, 2.05) is 12.1 Å². The van der Waals surface area contributed by atoms with Crippen LogP contribution < -0.4 is 15.2 Å². The van der Waals surface area contributed by atoms with Gasteiger partial charge in [0.2, 0.25) is 0 Å². The summed E-state index contributed by atoms with van der Waals surface area (Å²) in [7, 11) is 3.21. The number of nitrogens with two attached hydrogens (primary N) is 1. The Balaban J connectivity index is 2.49. The molecule has 0 heterocycles. The third-order valence-corrected chi connectivity index (χ3v) is 4.13. The fraction of sp³-hybridized carbons (Fsp3) is 0.538. The Labute approximate surface area is 107 Å². The van der Waals surface area contributed by atoms with Crippen molar-refractivity contribution in [3.05, 3.63) is 22.7 Å². The summed E-state index contributed by atoms with van der Waals surface area (Å²) in [4.78, 5) is 0. The Kier molecular flexibility index (Phi) is 3.50. The number of rotatable bonds is 4. The molecule has 0 aromatic heterocycles. The fourth-order valence-corrected chi connectivity index (χ4v) is 2.92. The number of methoxy groups -OCH3 is 2. The van der Waals surface area contributed by atoms with E-state index in [4.69, 9.17) is 26.8 Å². The van der Waals surface area contributed by atoms with Crippen LogP contribution in [-0.2, 0) is 5.41 Å². The first-order valence-electron chi connectivity index (χ1n) is 5.79. The van der Waals surface area contributed by atoms with Gasteiger partial charge in [-0.1, -0.05) is 24.1 Å². The summed E-state index contributed by atoms with van der Waals surface area (Å²) in [5.41, 5.74) is 7.03. The van der Waals surface area contributed by atoms with Crippen LogP contribution in [-0.4, -0.2) is 20.8 Å². The molecule has 2 rings (SSSR count). The minimum atomic E-state index is 0.0383. The maximum atomic E-state index is 6.41. The molecule has 1 aromatic rings. The summed E-state index contributed by atoms with van der Waals surface area (Å²) in [5.74, 6) is 1.26. The molecule has 0 atom stereocenters. The van der Waals surface area contributed by atoms with Gasteiger partial charge in [-0.25, -0.2) is 0 Å². The molecule has 0 unspecified atom stereocenters. The quantitative estimate of drug-likeness (QED) is 0.900. The lowest BCUT2D eigenvalue weighted by atomic mass is 9.64. The monoisotopic (exact) mass is 255 g/mol. The van der Waals surface area contributed by atoms with Crippen molar-refractivity contribution in [1.29, 1.82) is 0 Å². The van der Waals surface area contributed by atoms with Gasteiger partial charge in [-0.05, 0) is 24.5 Å². The third kappa shape index (κ3) is 1.87. The molecule has 0 saturated heterocycles. The molecule has 1 saturated carbocycles. The van der Waals surface area contributed by atoms with Crippen LogP contribution in [0, 0.1) is 0 Å². The van der Waals surface area contributed by atoms with Crippen molar-refractivity contribution in [2.45, 2.75) is 24.7 Å². The zero-order valence-electron chi connectivity index (χ0n) is 10.3. The van der Waals surface area contributed by atoms with Crippen molar-refractivity contribution in [3.63, 3.8) is 0 Å².